The summed E-state index contributed by atoms with van der Waals surface area (Å²) in [5, 5.41) is 4.06. The van der Waals surface area contributed by atoms with Crippen molar-refractivity contribution < 1.29 is 13.2 Å². The van der Waals surface area contributed by atoms with Crippen molar-refractivity contribution >= 4 is 11.5 Å². The molecule has 0 radical (unpaired) electrons. The van der Waals surface area contributed by atoms with Crippen LogP contribution in [0.3, 0.4) is 0 Å². The topological polar surface area (TPSA) is 36.7 Å². The van der Waals surface area contributed by atoms with Crippen LogP contribution in [0.5, 0.6) is 0 Å². The lowest BCUT2D eigenvalue weighted by Crippen LogP contribution is -2.46. The molecule has 1 aliphatic rings. The molecule has 0 aliphatic carbocycles. The van der Waals surface area contributed by atoms with Crippen molar-refractivity contribution in [1.82, 2.24) is 19.5 Å². The highest BCUT2D eigenvalue weighted by atomic mass is 19.4. The van der Waals surface area contributed by atoms with Crippen molar-refractivity contribution in [1.29, 1.82) is 0 Å². The molecule has 0 spiro atoms. The van der Waals surface area contributed by atoms with E-state index in [4.69, 9.17) is 0 Å². The highest BCUT2D eigenvalue weighted by Crippen LogP contribution is 2.39. The molecule has 0 unspecified atom stereocenters. The van der Waals surface area contributed by atoms with Gasteiger partial charge in [0.15, 0.2) is 11.3 Å². The molecule has 2 aromatic heterocycles. The molecular weight excluding hydrogens is 439 g/mol. The number of alkyl halides is 3. The van der Waals surface area contributed by atoms with E-state index in [9.17, 15) is 13.2 Å². The van der Waals surface area contributed by atoms with Crippen LogP contribution in [-0.2, 0) is 12.7 Å². The third kappa shape index (κ3) is 4.37. The van der Waals surface area contributed by atoms with Crippen LogP contribution in [0.1, 0.15) is 22.5 Å². The summed E-state index contributed by atoms with van der Waals surface area (Å²) >= 11 is 0. The highest BCUT2D eigenvalue weighted by Gasteiger charge is 2.39. The minimum atomic E-state index is -4.59. The molecule has 3 heterocycles. The number of rotatable bonds is 4. The third-order valence-electron chi connectivity index (χ3n) is 6.25. The molecule has 5 nitrogen and oxygen atoms in total. The summed E-state index contributed by atoms with van der Waals surface area (Å²) in [5.74, 6) is 0.644. The zero-order valence-electron chi connectivity index (χ0n) is 19.2. The summed E-state index contributed by atoms with van der Waals surface area (Å²) in [6, 6.07) is 19.1. The van der Waals surface area contributed by atoms with E-state index in [0.29, 0.717) is 30.2 Å². The van der Waals surface area contributed by atoms with Gasteiger partial charge in [-0.25, -0.2) is 4.98 Å². The van der Waals surface area contributed by atoms with Crippen molar-refractivity contribution in [2.75, 3.05) is 31.1 Å². The number of aryl methyl sites for hydroxylation is 2. The number of piperazine rings is 1. The first kappa shape index (κ1) is 22.4. The first-order valence-corrected chi connectivity index (χ1v) is 11.4. The summed E-state index contributed by atoms with van der Waals surface area (Å²) in [6.45, 7) is 7.61. The third-order valence-corrected chi connectivity index (χ3v) is 6.25. The van der Waals surface area contributed by atoms with Gasteiger partial charge in [0.05, 0.1) is 5.56 Å². The van der Waals surface area contributed by atoms with Gasteiger partial charge >= 0.3 is 6.18 Å². The van der Waals surface area contributed by atoms with Crippen LogP contribution in [0.4, 0.5) is 19.0 Å². The maximum absolute atomic E-state index is 14.1. The Morgan fingerprint density at radius 1 is 0.882 bits per heavy atom. The van der Waals surface area contributed by atoms with Gasteiger partial charge in [0, 0.05) is 44.5 Å². The van der Waals surface area contributed by atoms with E-state index < -0.39 is 11.9 Å². The number of nitrogens with zero attached hydrogens (tertiary/aromatic N) is 5. The molecule has 2 aromatic carbocycles. The van der Waals surface area contributed by atoms with Crippen LogP contribution < -0.4 is 4.90 Å². The Balaban J connectivity index is 1.51. The van der Waals surface area contributed by atoms with Crippen LogP contribution >= 0.6 is 0 Å². The number of hydrogen-bond acceptors (Lipinski definition) is 4. The molecule has 176 valence electrons. The van der Waals surface area contributed by atoms with Gasteiger partial charge in [0.25, 0.3) is 0 Å². The average molecular weight is 466 g/mol. The monoisotopic (exact) mass is 465 g/mol. The summed E-state index contributed by atoms with van der Waals surface area (Å²) in [7, 11) is 0. The molecule has 0 atom stereocenters. The zero-order chi connectivity index (χ0) is 23.9. The molecule has 4 aromatic rings. The highest BCUT2D eigenvalue weighted by molar-refractivity contribution is 5.81. The molecule has 1 saturated heterocycles. The average Bonchev–Trinajstić information content (AvgIpc) is 3.20. The quantitative estimate of drug-likeness (QED) is 0.407. The molecule has 34 heavy (non-hydrogen) atoms. The number of fused-ring (bicyclic) bond motifs is 1. The molecule has 1 aliphatic heterocycles. The Labute approximate surface area is 196 Å². The van der Waals surface area contributed by atoms with Crippen LogP contribution in [0, 0.1) is 13.8 Å². The lowest BCUT2D eigenvalue weighted by molar-refractivity contribution is -0.140. The van der Waals surface area contributed by atoms with Gasteiger partial charge in [-0.05, 0) is 25.0 Å². The van der Waals surface area contributed by atoms with Gasteiger partial charge in [-0.3, -0.25) is 4.90 Å². The maximum Gasteiger partial charge on any atom is 0.435 e. The van der Waals surface area contributed by atoms with Crippen LogP contribution in [0.25, 0.3) is 16.8 Å². The van der Waals surface area contributed by atoms with Crippen molar-refractivity contribution in [3.63, 3.8) is 0 Å². The van der Waals surface area contributed by atoms with E-state index in [1.54, 1.807) is 12.1 Å². The Hall–Kier alpha value is -3.39. The largest absolute Gasteiger partial charge is 0.435 e. The Bertz CT molecular complexity index is 1290. The van der Waals surface area contributed by atoms with Crippen LogP contribution in [-0.4, -0.2) is 45.7 Å². The molecule has 1 fully saturated rings. The molecular formula is C26H26F3N5. The summed E-state index contributed by atoms with van der Waals surface area (Å²) < 4.78 is 43.6. The summed E-state index contributed by atoms with van der Waals surface area (Å²) in [4.78, 5) is 8.96. The van der Waals surface area contributed by atoms with Gasteiger partial charge in [-0.15, -0.1) is 0 Å². The maximum atomic E-state index is 14.1. The smallest absolute Gasteiger partial charge is 0.354 e. The fourth-order valence-electron chi connectivity index (χ4n) is 4.51. The second-order valence-electron chi connectivity index (χ2n) is 8.83. The normalized spacial score (nSPS) is 15.3. The first-order chi connectivity index (χ1) is 16.3. The molecule has 0 amide bonds. The SMILES string of the molecule is Cc1ccc(-c2c(C(F)(F)F)nn3c(N4CCN(Cc5ccccc5)CC4)cc(C)nc23)cc1. The van der Waals surface area contributed by atoms with Gasteiger partial charge < -0.3 is 4.90 Å². The molecule has 8 heteroatoms. The fourth-order valence-corrected chi connectivity index (χ4v) is 4.51. The van der Waals surface area contributed by atoms with Gasteiger partial charge in [-0.2, -0.15) is 22.8 Å². The van der Waals surface area contributed by atoms with Crippen molar-refractivity contribution in [3.8, 4) is 11.1 Å². The van der Waals surface area contributed by atoms with E-state index in [1.807, 2.05) is 50.2 Å². The van der Waals surface area contributed by atoms with Crippen molar-refractivity contribution in [2.45, 2.75) is 26.6 Å². The van der Waals surface area contributed by atoms with E-state index >= 15 is 0 Å². The number of aromatic nitrogens is 3. The first-order valence-electron chi connectivity index (χ1n) is 11.4. The summed E-state index contributed by atoms with van der Waals surface area (Å²) in [5.41, 5.74) is 2.71. The zero-order valence-corrected chi connectivity index (χ0v) is 19.2. The minimum Gasteiger partial charge on any atom is -0.354 e. The predicted molar refractivity (Wildman–Crippen MR) is 127 cm³/mol. The number of halogens is 3. The lowest BCUT2D eigenvalue weighted by atomic mass is 10.0. The van der Waals surface area contributed by atoms with Gasteiger partial charge in [0.2, 0.25) is 0 Å². The van der Waals surface area contributed by atoms with E-state index in [1.165, 1.54) is 10.1 Å². The summed E-state index contributed by atoms with van der Waals surface area (Å²) in [6.07, 6.45) is -4.59. The van der Waals surface area contributed by atoms with Crippen molar-refractivity contribution in [3.05, 3.63) is 83.2 Å². The second-order valence-corrected chi connectivity index (χ2v) is 8.83. The molecule has 0 bridgehead atoms. The fraction of sp³-hybridized carbons (Fsp3) is 0.308. The number of hydrogen-bond donors (Lipinski definition) is 0. The Morgan fingerprint density at radius 3 is 2.21 bits per heavy atom. The van der Waals surface area contributed by atoms with E-state index in [0.717, 1.165) is 25.2 Å². The molecule has 5 rings (SSSR count). The number of anilines is 1. The Kier molecular flexibility index (Phi) is 5.77. The van der Waals surface area contributed by atoms with E-state index in [-0.39, 0.29) is 11.2 Å². The predicted octanol–water partition coefficient (Wildman–Crippen LogP) is 5.35. The number of benzene rings is 2. The van der Waals surface area contributed by atoms with Crippen LogP contribution in [0.2, 0.25) is 0 Å². The van der Waals surface area contributed by atoms with Gasteiger partial charge in [-0.1, -0.05) is 60.2 Å². The minimum absolute atomic E-state index is 0.0279. The second kappa shape index (κ2) is 8.76. The Morgan fingerprint density at radius 2 is 1.56 bits per heavy atom. The van der Waals surface area contributed by atoms with Gasteiger partial charge in [0.1, 0.15) is 5.82 Å². The van der Waals surface area contributed by atoms with E-state index in [2.05, 4.69) is 32.0 Å². The van der Waals surface area contributed by atoms with Crippen molar-refractivity contribution in [2.24, 2.45) is 0 Å². The standard InChI is InChI=1S/C26H26F3N5/c1-18-8-10-21(11-9-18)23-24(26(27,28)29)31-34-22(16-19(2)30-25(23)34)33-14-12-32(13-15-33)17-20-6-4-3-5-7-20/h3-11,16H,12-15,17H2,1-2H3. The lowest BCUT2D eigenvalue weighted by Gasteiger charge is -2.36. The molecule has 0 N–H and O–H groups in total. The van der Waals surface area contributed by atoms with Crippen LogP contribution in [0.15, 0.2) is 60.7 Å². The molecule has 0 saturated carbocycles.